The Balaban J connectivity index is 1.84. The molecule has 84 valence electrons. The highest BCUT2D eigenvalue weighted by Crippen LogP contribution is 2.18. The summed E-state index contributed by atoms with van der Waals surface area (Å²) in [6.07, 6.45) is 7.93. The van der Waals surface area contributed by atoms with Crippen molar-refractivity contribution in [2.75, 3.05) is 0 Å². The van der Waals surface area contributed by atoms with E-state index in [4.69, 9.17) is 0 Å². The first kappa shape index (κ1) is 10.6. The zero-order valence-corrected chi connectivity index (χ0v) is 9.19. The lowest BCUT2D eigenvalue weighted by Crippen LogP contribution is -2.41. The van der Waals surface area contributed by atoms with Crippen LogP contribution in [0.5, 0.6) is 0 Å². The molecule has 0 radical (unpaired) electrons. The molecule has 0 saturated heterocycles. The van der Waals surface area contributed by atoms with Crippen molar-refractivity contribution < 1.29 is 5.11 Å². The van der Waals surface area contributed by atoms with Crippen molar-refractivity contribution in [2.24, 2.45) is 7.05 Å². The van der Waals surface area contributed by atoms with Crippen LogP contribution in [0, 0.1) is 0 Å². The number of aryl methyl sites for hydroxylation is 1. The van der Waals surface area contributed by atoms with Crippen molar-refractivity contribution in [3.8, 4) is 0 Å². The van der Waals surface area contributed by atoms with E-state index in [0.29, 0.717) is 0 Å². The van der Waals surface area contributed by atoms with Gasteiger partial charge in [-0.25, -0.2) is 4.98 Å². The van der Waals surface area contributed by atoms with Crippen molar-refractivity contribution in [1.29, 1.82) is 0 Å². The van der Waals surface area contributed by atoms with Gasteiger partial charge in [0.25, 0.3) is 0 Å². The van der Waals surface area contributed by atoms with Crippen molar-refractivity contribution in [2.45, 2.75) is 44.4 Å². The van der Waals surface area contributed by atoms with E-state index in [2.05, 4.69) is 10.3 Å². The van der Waals surface area contributed by atoms with Crippen molar-refractivity contribution in [3.63, 3.8) is 0 Å². The first-order chi connectivity index (χ1) is 7.27. The Kier molecular flexibility index (Phi) is 3.38. The zero-order valence-electron chi connectivity index (χ0n) is 9.19. The van der Waals surface area contributed by atoms with E-state index in [1.165, 1.54) is 6.42 Å². The quantitative estimate of drug-likeness (QED) is 0.774. The SMILES string of the molecule is Cn1ccnc1CN[C@@H]1CCCC[C@H]1O. The average molecular weight is 209 g/mol. The molecule has 1 saturated carbocycles. The number of aliphatic hydroxyl groups is 1. The second-order valence-electron chi connectivity index (χ2n) is 4.29. The van der Waals surface area contributed by atoms with E-state index >= 15 is 0 Å². The maximum atomic E-state index is 9.78. The monoisotopic (exact) mass is 209 g/mol. The second kappa shape index (κ2) is 4.77. The Hall–Kier alpha value is -0.870. The second-order valence-corrected chi connectivity index (χ2v) is 4.29. The van der Waals surface area contributed by atoms with Crippen molar-refractivity contribution in [1.82, 2.24) is 14.9 Å². The number of rotatable bonds is 3. The van der Waals surface area contributed by atoms with Gasteiger partial charge in [-0.2, -0.15) is 0 Å². The molecule has 1 heterocycles. The molecule has 0 aromatic carbocycles. The number of aromatic nitrogens is 2. The molecule has 4 nitrogen and oxygen atoms in total. The molecule has 4 heteroatoms. The third-order valence-electron chi connectivity index (χ3n) is 3.17. The first-order valence-electron chi connectivity index (χ1n) is 5.65. The van der Waals surface area contributed by atoms with Crippen LogP contribution in [0.25, 0.3) is 0 Å². The Morgan fingerprint density at radius 2 is 2.33 bits per heavy atom. The molecular weight excluding hydrogens is 190 g/mol. The van der Waals surface area contributed by atoms with E-state index in [1.54, 1.807) is 6.20 Å². The lowest BCUT2D eigenvalue weighted by molar-refractivity contribution is 0.0898. The number of nitrogens with one attached hydrogen (secondary N) is 1. The smallest absolute Gasteiger partial charge is 0.122 e. The van der Waals surface area contributed by atoms with E-state index in [1.807, 2.05) is 17.8 Å². The topological polar surface area (TPSA) is 50.1 Å². The van der Waals surface area contributed by atoms with Crippen LogP contribution >= 0.6 is 0 Å². The van der Waals surface area contributed by atoms with Crippen LogP contribution in [0.2, 0.25) is 0 Å². The zero-order chi connectivity index (χ0) is 10.7. The summed E-state index contributed by atoms with van der Waals surface area (Å²) in [6.45, 7) is 0.741. The van der Waals surface area contributed by atoms with Gasteiger partial charge in [-0.05, 0) is 12.8 Å². The van der Waals surface area contributed by atoms with Crippen LogP contribution in [0.1, 0.15) is 31.5 Å². The number of hydrogen-bond donors (Lipinski definition) is 2. The highest BCUT2D eigenvalue weighted by Gasteiger charge is 2.22. The minimum Gasteiger partial charge on any atom is -0.392 e. The lowest BCUT2D eigenvalue weighted by Gasteiger charge is -2.28. The molecule has 0 aliphatic heterocycles. The molecule has 0 amide bonds. The molecule has 15 heavy (non-hydrogen) atoms. The van der Waals surface area contributed by atoms with Gasteiger partial charge in [0.1, 0.15) is 5.82 Å². The Morgan fingerprint density at radius 3 is 3.00 bits per heavy atom. The fourth-order valence-corrected chi connectivity index (χ4v) is 2.14. The molecule has 1 aliphatic rings. The molecule has 2 atom stereocenters. The number of imidazole rings is 1. The molecule has 1 aromatic rings. The van der Waals surface area contributed by atoms with Crippen LogP contribution in [-0.2, 0) is 13.6 Å². The Labute approximate surface area is 90.3 Å². The highest BCUT2D eigenvalue weighted by atomic mass is 16.3. The summed E-state index contributed by atoms with van der Waals surface area (Å²) < 4.78 is 2.00. The Bertz CT molecular complexity index is 311. The molecule has 2 rings (SSSR count). The number of hydrogen-bond acceptors (Lipinski definition) is 3. The van der Waals surface area contributed by atoms with Gasteiger partial charge in [0.05, 0.1) is 12.6 Å². The molecule has 0 unspecified atom stereocenters. The fourth-order valence-electron chi connectivity index (χ4n) is 2.14. The minimum atomic E-state index is -0.181. The van der Waals surface area contributed by atoms with Crippen molar-refractivity contribution >= 4 is 0 Å². The van der Waals surface area contributed by atoms with Crippen molar-refractivity contribution in [3.05, 3.63) is 18.2 Å². The average Bonchev–Trinajstić information content (AvgIpc) is 2.63. The summed E-state index contributed by atoms with van der Waals surface area (Å²) >= 11 is 0. The summed E-state index contributed by atoms with van der Waals surface area (Å²) in [5.41, 5.74) is 0. The summed E-state index contributed by atoms with van der Waals surface area (Å²) in [5.74, 6) is 1.02. The van der Waals surface area contributed by atoms with Gasteiger partial charge in [0, 0.05) is 25.5 Å². The predicted molar refractivity (Wildman–Crippen MR) is 58.3 cm³/mol. The third-order valence-corrected chi connectivity index (χ3v) is 3.17. The molecule has 1 aliphatic carbocycles. The molecule has 0 spiro atoms. The maximum absolute atomic E-state index is 9.78. The van der Waals surface area contributed by atoms with Gasteiger partial charge >= 0.3 is 0 Å². The van der Waals surface area contributed by atoms with Crippen LogP contribution in [0.3, 0.4) is 0 Å². The van der Waals surface area contributed by atoms with Crippen LogP contribution < -0.4 is 5.32 Å². The molecule has 1 aromatic heterocycles. The van der Waals surface area contributed by atoms with E-state index < -0.39 is 0 Å². The summed E-state index contributed by atoms with van der Waals surface area (Å²) in [4.78, 5) is 4.24. The van der Waals surface area contributed by atoms with Gasteiger partial charge in [-0.15, -0.1) is 0 Å². The molecule has 0 bridgehead atoms. The molecule has 2 N–H and O–H groups in total. The molecule has 1 fully saturated rings. The van der Waals surface area contributed by atoms with Gasteiger partial charge in [0.2, 0.25) is 0 Å². The van der Waals surface area contributed by atoms with E-state index in [-0.39, 0.29) is 12.1 Å². The van der Waals surface area contributed by atoms with Gasteiger partial charge in [-0.1, -0.05) is 12.8 Å². The minimum absolute atomic E-state index is 0.181. The normalized spacial score (nSPS) is 26.8. The lowest BCUT2D eigenvalue weighted by atomic mass is 9.93. The third kappa shape index (κ3) is 2.58. The van der Waals surface area contributed by atoms with E-state index in [0.717, 1.165) is 31.6 Å². The number of nitrogens with zero attached hydrogens (tertiary/aromatic N) is 2. The maximum Gasteiger partial charge on any atom is 0.122 e. The summed E-state index contributed by atoms with van der Waals surface area (Å²) in [6, 6.07) is 0.246. The van der Waals surface area contributed by atoms with E-state index in [9.17, 15) is 5.11 Å². The van der Waals surface area contributed by atoms with Crippen LogP contribution in [-0.4, -0.2) is 26.8 Å². The highest BCUT2D eigenvalue weighted by molar-refractivity contribution is 4.92. The standard InChI is InChI=1S/C11H19N3O/c1-14-7-6-12-11(14)8-13-9-4-2-3-5-10(9)15/h6-7,9-10,13,15H,2-5,8H2,1H3/t9-,10-/m1/s1. The Morgan fingerprint density at radius 1 is 1.53 bits per heavy atom. The van der Waals surface area contributed by atoms with Gasteiger partial charge in [-0.3, -0.25) is 0 Å². The number of aliphatic hydroxyl groups excluding tert-OH is 1. The first-order valence-corrected chi connectivity index (χ1v) is 5.65. The van der Waals surface area contributed by atoms with Crippen LogP contribution in [0.4, 0.5) is 0 Å². The fraction of sp³-hybridized carbons (Fsp3) is 0.727. The summed E-state index contributed by atoms with van der Waals surface area (Å²) in [7, 11) is 1.99. The van der Waals surface area contributed by atoms with Gasteiger partial charge < -0.3 is 15.0 Å². The summed E-state index contributed by atoms with van der Waals surface area (Å²) in [5, 5.41) is 13.2. The molecular formula is C11H19N3O. The predicted octanol–water partition coefficient (Wildman–Crippen LogP) is 0.813. The van der Waals surface area contributed by atoms with Gasteiger partial charge in [0.15, 0.2) is 0 Å². The largest absolute Gasteiger partial charge is 0.392 e. The van der Waals surface area contributed by atoms with Crippen LogP contribution in [0.15, 0.2) is 12.4 Å².